The Bertz CT molecular complexity index is 529. The highest BCUT2D eigenvalue weighted by Gasteiger charge is 2.42. The largest absolute Gasteiger partial charge is 0.477 e. The second-order valence-electron chi connectivity index (χ2n) is 5.51. The second kappa shape index (κ2) is 4.64. The molecule has 5 nitrogen and oxygen atoms in total. The maximum Gasteiger partial charge on any atom is 0.354 e. The van der Waals surface area contributed by atoms with Crippen molar-refractivity contribution in [2.75, 3.05) is 5.32 Å². The molecule has 0 aliphatic heterocycles. The molecule has 2 N–H and O–H groups in total. The predicted molar refractivity (Wildman–Crippen MR) is 68.8 cm³/mol. The number of carboxylic acids is 1. The highest BCUT2D eigenvalue weighted by molar-refractivity contribution is 5.94. The Morgan fingerprint density at radius 3 is 2.79 bits per heavy atom. The van der Waals surface area contributed by atoms with Gasteiger partial charge in [0.25, 0.3) is 0 Å². The maximum absolute atomic E-state index is 12.2. The van der Waals surface area contributed by atoms with Gasteiger partial charge in [-0.05, 0) is 43.2 Å². The molecule has 3 atom stereocenters. The van der Waals surface area contributed by atoms with Crippen LogP contribution >= 0.6 is 0 Å². The molecule has 3 unspecified atom stereocenters. The lowest BCUT2D eigenvalue weighted by molar-refractivity contribution is -0.121. The van der Waals surface area contributed by atoms with Crippen LogP contribution in [-0.2, 0) is 4.79 Å². The Morgan fingerprint density at radius 2 is 2.16 bits per heavy atom. The number of carbonyl (C=O) groups excluding carboxylic acids is 1. The number of carbonyl (C=O) groups is 2. The number of fused-ring (bicyclic) bond motifs is 2. The summed E-state index contributed by atoms with van der Waals surface area (Å²) in [4.78, 5) is 26.8. The molecule has 2 aliphatic rings. The van der Waals surface area contributed by atoms with E-state index in [1.807, 2.05) is 0 Å². The van der Waals surface area contributed by atoms with Crippen molar-refractivity contribution in [2.45, 2.75) is 25.7 Å². The van der Waals surface area contributed by atoms with Gasteiger partial charge in [-0.2, -0.15) is 0 Å². The van der Waals surface area contributed by atoms with Gasteiger partial charge >= 0.3 is 5.97 Å². The number of pyridine rings is 1. The molecule has 100 valence electrons. The highest BCUT2D eigenvalue weighted by atomic mass is 16.4. The van der Waals surface area contributed by atoms with Crippen molar-refractivity contribution < 1.29 is 14.7 Å². The number of anilines is 1. The minimum absolute atomic E-state index is 0.0229. The summed E-state index contributed by atoms with van der Waals surface area (Å²) in [6.07, 6.45) is 5.97. The first-order valence-corrected chi connectivity index (χ1v) is 6.63. The van der Waals surface area contributed by atoms with E-state index >= 15 is 0 Å². The summed E-state index contributed by atoms with van der Waals surface area (Å²) in [5.74, 6) is 0.268. The molecule has 1 heterocycles. The molecule has 1 aromatic rings. The number of nitrogens with one attached hydrogen (secondary N) is 1. The minimum Gasteiger partial charge on any atom is -0.477 e. The Morgan fingerprint density at radius 1 is 1.32 bits per heavy atom. The summed E-state index contributed by atoms with van der Waals surface area (Å²) in [5.41, 5.74) is 0.464. The number of hydrogen-bond acceptors (Lipinski definition) is 3. The molecule has 1 amide bonds. The molecule has 1 aromatic heterocycles. The fourth-order valence-corrected chi connectivity index (χ4v) is 3.43. The normalized spacial score (nSPS) is 28.3. The van der Waals surface area contributed by atoms with Crippen LogP contribution in [0, 0.1) is 17.8 Å². The van der Waals surface area contributed by atoms with Gasteiger partial charge in [0, 0.05) is 17.8 Å². The maximum atomic E-state index is 12.2. The fraction of sp³-hybridized carbons (Fsp3) is 0.500. The van der Waals surface area contributed by atoms with Crippen molar-refractivity contribution in [2.24, 2.45) is 17.8 Å². The molecule has 2 aliphatic carbocycles. The third-order valence-corrected chi connectivity index (χ3v) is 4.32. The van der Waals surface area contributed by atoms with Crippen molar-refractivity contribution in [1.82, 2.24) is 4.98 Å². The average molecular weight is 260 g/mol. The highest BCUT2D eigenvalue weighted by Crippen LogP contribution is 2.48. The van der Waals surface area contributed by atoms with Crippen molar-refractivity contribution in [3.8, 4) is 0 Å². The lowest BCUT2D eigenvalue weighted by Crippen LogP contribution is -2.27. The summed E-state index contributed by atoms with van der Waals surface area (Å²) in [5, 5.41) is 11.7. The number of carboxylic acid groups (broad SMARTS) is 1. The SMILES string of the molecule is O=C(O)c1cc(NC(=O)C2CC3CCC2C3)ccn1. The molecular formula is C14H16N2O3. The van der Waals surface area contributed by atoms with E-state index in [-0.39, 0.29) is 17.5 Å². The first-order valence-electron chi connectivity index (χ1n) is 6.63. The molecule has 2 bridgehead atoms. The number of aromatic nitrogens is 1. The predicted octanol–water partition coefficient (Wildman–Crippen LogP) is 2.15. The Hall–Kier alpha value is -1.91. The first-order chi connectivity index (χ1) is 9.13. The van der Waals surface area contributed by atoms with E-state index in [2.05, 4.69) is 10.3 Å². The summed E-state index contributed by atoms with van der Waals surface area (Å²) in [6, 6.07) is 3.02. The van der Waals surface area contributed by atoms with E-state index in [0.717, 1.165) is 12.8 Å². The molecular weight excluding hydrogens is 244 g/mol. The smallest absolute Gasteiger partial charge is 0.354 e. The standard InChI is InChI=1S/C14H16N2O3/c17-13(11-6-8-1-2-9(11)5-8)16-10-3-4-15-12(7-10)14(18)19/h3-4,7-9,11H,1-2,5-6H2,(H,18,19)(H,15,16,17). The van der Waals surface area contributed by atoms with Gasteiger partial charge in [-0.25, -0.2) is 9.78 Å². The molecule has 0 spiro atoms. The Kier molecular flexibility index (Phi) is 2.97. The molecule has 2 fully saturated rings. The molecule has 5 heteroatoms. The molecule has 19 heavy (non-hydrogen) atoms. The van der Waals surface area contributed by atoms with Crippen molar-refractivity contribution in [1.29, 1.82) is 0 Å². The monoisotopic (exact) mass is 260 g/mol. The van der Waals surface area contributed by atoms with E-state index in [0.29, 0.717) is 17.5 Å². The van der Waals surface area contributed by atoms with Gasteiger partial charge in [0.2, 0.25) is 5.91 Å². The minimum atomic E-state index is -1.09. The van der Waals surface area contributed by atoms with E-state index in [1.54, 1.807) is 6.07 Å². The topological polar surface area (TPSA) is 79.3 Å². The van der Waals surface area contributed by atoms with E-state index < -0.39 is 5.97 Å². The van der Waals surface area contributed by atoms with Crippen molar-refractivity contribution in [3.63, 3.8) is 0 Å². The van der Waals surface area contributed by atoms with Crippen LogP contribution in [0.2, 0.25) is 0 Å². The zero-order chi connectivity index (χ0) is 13.4. The third-order valence-electron chi connectivity index (χ3n) is 4.32. The third kappa shape index (κ3) is 2.32. The quantitative estimate of drug-likeness (QED) is 0.872. The lowest BCUT2D eigenvalue weighted by Gasteiger charge is -2.20. The summed E-state index contributed by atoms with van der Waals surface area (Å²) in [6.45, 7) is 0. The summed E-state index contributed by atoms with van der Waals surface area (Å²) < 4.78 is 0. The van der Waals surface area contributed by atoms with Gasteiger partial charge in [-0.3, -0.25) is 4.79 Å². The molecule has 2 saturated carbocycles. The van der Waals surface area contributed by atoms with Crippen LogP contribution in [0.3, 0.4) is 0 Å². The Balaban J connectivity index is 1.69. The molecule has 3 rings (SSSR count). The van der Waals surface area contributed by atoms with Gasteiger partial charge in [-0.15, -0.1) is 0 Å². The molecule has 0 aromatic carbocycles. The van der Waals surface area contributed by atoms with Gasteiger partial charge in [0.15, 0.2) is 0 Å². The number of hydrogen-bond donors (Lipinski definition) is 2. The van der Waals surface area contributed by atoms with Gasteiger partial charge in [-0.1, -0.05) is 6.42 Å². The Labute approximate surface area is 111 Å². The van der Waals surface area contributed by atoms with Gasteiger partial charge in [0.05, 0.1) is 0 Å². The van der Waals surface area contributed by atoms with Crippen LogP contribution in [0.5, 0.6) is 0 Å². The van der Waals surface area contributed by atoms with Crippen LogP contribution in [0.4, 0.5) is 5.69 Å². The fourth-order valence-electron chi connectivity index (χ4n) is 3.43. The van der Waals surface area contributed by atoms with Crippen LogP contribution in [0.1, 0.15) is 36.2 Å². The number of aromatic carboxylic acids is 1. The number of nitrogens with zero attached hydrogens (tertiary/aromatic N) is 1. The molecule has 0 radical (unpaired) electrons. The van der Waals surface area contributed by atoms with E-state index in [4.69, 9.17) is 5.11 Å². The number of amides is 1. The zero-order valence-corrected chi connectivity index (χ0v) is 10.5. The average Bonchev–Trinajstić information content (AvgIpc) is 3.01. The summed E-state index contributed by atoms with van der Waals surface area (Å²) in [7, 11) is 0. The van der Waals surface area contributed by atoms with Crippen LogP contribution in [0.25, 0.3) is 0 Å². The zero-order valence-electron chi connectivity index (χ0n) is 10.5. The first kappa shape index (κ1) is 12.1. The van der Waals surface area contributed by atoms with Crippen molar-refractivity contribution in [3.05, 3.63) is 24.0 Å². The summed E-state index contributed by atoms with van der Waals surface area (Å²) >= 11 is 0. The van der Waals surface area contributed by atoms with Crippen molar-refractivity contribution >= 4 is 17.6 Å². The molecule has 0 saturated heterocycles. The van der Waals surface area contributed by atoms with Gasteiger partial charge < -0.3 is 10.4 Å². The van der Waals surface area contributed by atoms with Crippen LogP contribution < -0.4 is 5.32 Å². The number of rotatable bonds is 3. The van der Waals surface area contributed by atoms with Gasteiger partial charge in [0.1, 0.15) is 5.69 Å². The van der Waals surface area contributed by atoms with Crippen LogP contribution in [-0.4, -0.2) is 22.0 Å². The van der Waals surface area contributed by atoms with E-state index in [9.17, 15) is 9.59 Å². The van der Waals surface area contributed by atoms with Crippen LogP contribution in [0.15, 0.2) is 18.3 Å². The lowest BCUT2D eigenvalue weighted by atomic mass is 9.88. The second-order valence-corrected chi connectivity index (χ2v) is 5.51. The van der Waals surface area contributed by atoms with E-state index in [1.165, 1.54) is 25.1 Å².